The maximum atomic E-state index is 12.4. The van der Waals surface area contributed by atoms with E-state index in [0.717, 1.165) is 31.4 Å². The van der Waals surface area contributed by atoms with E-state index in [9.17, 15) is 4.79 Å². The van der Waals surface area contributed by atoms with Crippen LogP contribution in [0.3, 0.4) is 0 Å². The standard InChI is InChI=1S/C18H28O3/c1-5-8-14(4)18(19)15-9-10-16(20-11-6-2)17(13-15)21-12-7-3/h9-10,13-14H,5-8,11-12H2,1-4H3. The Morgan fingerprint density at radius 3 is 2.19 bits per heavy atom. The van der Waals surface area contributed by atoms with E-state index in [4.69, 9.17) is 9.47 Å². The number of carbonyl (C=O) groups is 1. The highest BCUT2D eigenvalue weighted by Crippen LogP contribution is 2.30. The van der Waals surface area contributed by atoms with E-state index >= 15 is 0 Å². The Morgan fingerprint density at radius 1 is 1.00 bits per heavy atom. The molecule has 1 rings (SSSR count). The molecule has 3 nitrogen and oxygen atoms in total. The van der Waals surface area contributed by atoms with Crippen molar-refractivity contribution in [2.75, 3.05) is 13.2 Å². The first-order chi connectivity index (χ1) is 10.1. The van der Waals surface area contributed by atoms with Gasteiger partial charge in [0.15, 0.2) is 17.3 Å². The lowest BCUT2D eigenvalue weighted by Crippen LogP contribution is -2.11. The SMILES string of the molecule is CCCOc1ccc(C(=O)C(C)CCC)cc1OCCC. The fourth-order valence-electron chi connectivity index (χ4n) is 2.17. The summed E-state index contributed by atoms with van der Waals surface area (Å²) in [7, 11) is 0. The zero-order valence-electron chi connectivity index (χ0n) is 13.8. The topological polar surface area (TPSA) is 35.5 Å². The van der Waals surface area contributed by atoms with Crippen molar-refractivity contribution in [3.63, 3.8) is 0 Å². The zero-order chi connectivity index (χ0) is 15.7. The molecule has 0 radical (unpaired) electrons. The van der Waals surface area contributed by atoms with Crippen LogP contribution in [-0.2, 0) is 0 Å². The summed E-state index contributed by atoms with van der Waals surface area (Å²) in [5, 5.41) is 0. The van der Waals surface area contributed by atoms with E-state index in [0.29, 0.717) is 24.5 Å². The Labute approximate surface area is 128 Å². The van der Waals surface area contributed by atoms with E-state index in [1.54, 1.807) is 0 Å². The molecule has 0 aliphatic carbocycles. The van der Waals surface area contributed by atoms with Crippen LogP contribution in [0.4, 0.5) is 0 Å². The molecular weight excluding hydrogens is 264 g/mol. The number of Topliss-reactive ketones (excluding diaryl/α,β-unsaturated/α-hetero) is 1. The van der Waals surface area contributed by atoms with Crippen LogP contribution in [0.2, 0.25) is 0 Å². The highest BCUT2D eigenvalue weighted by Gasteiger charge is 2.17. The van der Waals surface area contributed by atoms with Gasteiger partial charge in [0.25, 0.3) is 0 Å². The summed E-state index contributed by atoms with van der Waals surface area (Å²) < 4.78 is 11.4. The van der Waals surface area contributed by atoms with Gasteiger partial charge in [0.05, 0.1) is 13.2 Å². The van der Waals surface area contributed by atoms with Gasteiger partial charge < -0.3 is 9.47 Å². The van der Waals surface area contributed by atoms with Crippen LogP contribution in [0.5, 0.6) is 11.5 Å². The monoisotopic (exact) mass is 292 g/mol. The van der Waals surface area contributed by atoms with Crippen LogP contribution in [0.15, 0.2) is 18.2 Å². The average molecular weight is 292 g/mol. The highest BCUT2D eigenvalue weighted by atomic mass is 16.5. The fraction of sp³-hybridized carbons (Fsp3) is 0.611. The third-order valence-corrected chi connectivity index (χ3v) is 3.32. The van der Waals surface area contributed by atoms with Gasteiger partial charge in [0, 0.05) is 11.5 Å². The molecule has 0 spiro atoms. The Balaban J connectivity index is 2.93. The molecular formula is C18H28O3. The van der Waals surface area contributed by atoms with Crippen LogP contribution in [0, 0.1) is 5.92 Å². The van der Waals surface area contributed by atoms with Crippen molar-refractivity contribution in [2.45, 2.75) is 53.4 Å². The number of rotatable bonds is 10. The van der Waals surface area contributed by atoms with Gasteiger partial charge in [-0.1, -0.05) is 34.1 Å². The molecule has 118 valence electrons. The van der Waals surface area contributed by atoms with Crippen molar-refractivity contribution in [2.24, 2.45) is 5.92 Å². The first-order valence-electron chi connectivity index (χ1n) is 8.07. The molecule has 1 unspecified atom stereocenters. The number of ether oxygens (including phenoxy) is 2. The summed E-state index contributed by atoms with van der Waals surface area (Å²) in [6.07, 6.45) is 3.81. The molecule has 21 heavy (non-hydrogen) atoms. The second-order valence-corrected chi connectivity index (χ2v) is 5.41. The summed E-state index contributed by atoms with van der Waals surface area (Å²) in [6, 6.07) is 5.53. The number of carbonyl (C=O) groups excluding carboxylic acids is 1. The largest absolute Gasteiger partial charge is 0.490 e. The van der Waals surface area contributed by atoms with Crippen molar-refractivity contribution in [3.8, 4) is 11.5 Å². The lowest BCUT2D eigenvalue weighted by molar-refractivity contribution is 0.0923. The Morgan fingerprint density at radius 2 is 1.62 bits per heavy atom. The van der Waals surface area contributed by atoms with Crippen molar-refractivity contribution in [1.29, 1.82) is 0 Å². The Bertz CT molecular complexity index is 440. The first-order valence-corrected chi connectivity index (χ1v) is 8.07. The molecule has 0 aromatic heterocycles. The molecule has 0 aliphatic rings. The summed E-state index contributed by atoms with van der Waals surface area (Å²) >= 11 is 0. The summed E-state index contributed by atoms with van der Waals surface area (Å²) in [4.78, 5) is 12.4. The Hall–Kier alpha value is -1.51. The number of ketones is 1. The van der Waals surface area contributed by atoms with Gasteiger partial charge in [-0.25, -0.2) is 0 Å². The van der Waals surface area contributed by atoms with Crippen molar-refractivity contribution < 1.29 is 14.3 Å². The number of hydrogen-bond acceptors (Lipinski definition) is 3. The van der Waals surface area contributed by atoms with Gasteiger partial charge in [-0.2, -0.15) is 0 Å². The third-order valence-electron chi connectivity index (χ3n) is 3.32. The number of hydrogen-bond donors (Lipinski definition) is 0. The molecule has 0 fully saturated rings. The van der Waals surface area contributed by atoms with Crippen LogP contribution < -0.4 is 9.47 Å². The molecule has 1 aromatic carbocycles. The van der Waals surface area contributed by atoms with Gasteiger partial charge >= 0.3 is 0 Å². The van der Waals surface area contributed by atoms with Gasteiger partial charge in [0.2, 0.25) is 0 Å². The second kappa shape index (κ2) is 9.43. The maximum absolute atomic E-state index is 12.4. The molecule has 0 saturated heterocycles. The molecule has 0 bridgehead atoms. The smallest absolute Gasteiger partial charge is 0.165 e. The van der Waals surface area contributed by atoms with Crippen molar-refractivity contribution >= 4 is 5.78 Å². The summed E-state index contributed by atoms with van der Waals surface area (Å²) in [5.74, 6) is 1.64. The van der Waals surface area contributed by atoms with Gasteiger partial charge in [-0.05, 0) is 37.5 Å². The molecule has 0 amide bonds. The minimum absolute atomic E-state index is 0.0523. The highest BCUT2D eigenvalue weighted by molar-refractivity contribution is 5.98. The maximum Gasteiger partial charge on any atom is 0.165 e. The average Bonchev–Trinajstić information content (AvgIpc) is 2.50. The van der Waals surface area contributed by atoms with Crippen LogP contribution >= 0.6 is 0 Å². The lowest BCUT2D eigenvalue weighted by Gasteiger charge is -2.15. The quantitative estimate of drug-likeness (QED) is 0.576. The lowest BCUT2D eigenvalue weighted by atomic mass is 9.95. The van der Waals surface area contributed by atoms with E-state index in [1.807, 2.05) is 25.1 Å². The minimum atomic E-state index is 0.0523. The van der Waals surface area contributed by atoms with E-state index < -0.39 is 0 Å². The van der Waals surface area contributed by atoms with Gasteiger partial charge in [-0.15, -0.1) is 0 Å². The van der Waals surface area contributed by atoms with E-state index in [2.05, 4.69) is 20.8 Å². The summed E-state index contributed by atoms with van der Waals surface area (Å²) in [5.41, 5.74) is 0.714. The molecule has 0 saturated carbocycles. The summed E-state index contributed by atoms with van der Waals surface area (Å²) in [6.45, 7) is 9.50. The second-order valence-electron chi connectivity index (χ2n) is 5.41. The molecule has 3 heteroatoms. The van der Waals surface area contributed by atoms with Crippen LogP contribution in [0.1, 0.15) is 63.7 Å². The first kappa shape index (κ1) is 17.5. The molecule has 0 N–H and O–H groups in total. The van der Waals surface area contributed by atoms with Crippen LogP contribution in [0.25, 0.3) is 0 Å². The fourth-order valence-corrected chi connectivity index (χ4v) is 2.17. The molecule has 1 aromatic rings. The minimum Gasteiger partial charge on any atom is -0.490 e. The third kappa shape index (κ3) is 5.41. The van der Waals surface area contributed by atoms with Crippen molar-refractivity contribution in [1.82, 2.24) is 0 Å². The zero-order valence-corrected chi connectivity index (χ0v) is 13.8. The van der Waals surface area contributed by atoms with E-state index in [-0.39, 0.29) is 11.7 Å². The van der Waals surface area contributed by atoms with E-state index in [1.165, 1.54) is 0 Å². The molecule has 0 aliphatic heterocycles. The normalized spacial score (nSPS) is 12.0. The Kier molecular flexibility index (Phi) is 7.88. The van der Waals surface area contributed by atoms with Crippen molar-refractivity contribution in [3.05, 3.63) is 23.8 Å². The predicted molar refractivity (Wildman–Crippen MR) is 86.4 cm³/mol. The van der Waals surface area contributed by atoms with Crippen LogP contribution in [-0.4, -0.2) is 19.0 Å². The van der Waals surface area contributed by atoms with Gasteiger partial charge in [0.1, 0.15) is 0 Å². The van der Waals surface area contributed by atoms with Gasteiger partial charge in [-0.3, -0.25) is 4.79 Å². The number of benzene rings is 1. The molecule has 1 atom stereocenters. The predicted octanol–water partition coefficient (Wildman–Crippen LogP) is 4.88. The molecule has 0 heterocycles.